The summed E-state index contributed by atoms with van der Waals surface area (Å²) in [6.45, 7) is 4.49. The first-order chi connectivity index (χ1) is 13.0. The van der Waals surface area contributed by atoms with E-state index in [9.17, 15) is 9.18 Å². The van der Waals surface area contributed by atoms with Crippen molar-refractivity contribution >= 4 is 22.4 Å². The topological polar surface area (TPSA) is 45.2 Å². The van der Waals surface area contributed by atoms with Crippen LogP contribution in [0, 0.1) is 5.82 Å². The van der Waals surface area contributed by atoms with Gasteiger partial charge in [0.25, 0.3) is 0 Å². The molecular weight excluding hydrogens is 339 g/mol. The fourth-order valence-electron chi connectivity index (χ4n) is 4.48. The summed E-state index contributed by atoms with van der Waals surface area (Å²) in [6.07, 6.45) is 1.66. The molecule has 2 heterocycles. The number of rotatable bonds is 2. The van der Waals surface area contributed by atoms with Gasteiger partial charge in [-0.25, -0.2) is 4.39 Å². The highest BCUT2D eigenvalue weighted by molar-refractivity contribution is 6.22. The van der Waals surface area contributed by atoms with Crippen LogP contribution < -0.4 is 0 Å². The van der Waals surface area contributed by atoms with Crippen LogP contribution in [0.1, 0.15) is 64.8 Å². The van der Waals surface area contributed by atoms with Gasteiger partial charge in [0, 0.05) is 33.4 Å². The minimum atomic E-state index is -0.381. The first kappa shape index (κ1) is 16.4. The molecule has 136 valence electrons. The molecule has 1 aliphatic heterocycles. The number of hydrogen-bond acceptors (Lipinski definition) is 2. The van der Waals surface area contributed by atoms with Crippen molar-refractivity contribution in [2.24, 2.45) is 4.99 Å². The van der Waals surface area contributed by atoms with Crippen LogP contribution in [0.25, 0.3) is 10.9 Å². The van der Waals surface area contributed by atoms with Crippen molar-refractivity contribution in [3.63, 3.8) is 0 Å². The lowest BCUT2D eigenvalue weighted by Gasteiger charge is -2.24. The number of ketones is 1. The van der Waals surface area contributed by atoms with E-state index in [0.717, 1.165) is 35.2 Å². The van der Waals surface area contributed by atoms with Crippen LogP contribution in [-0.2, 0) is 6.42 Å². The van der Waals surface area contributed by atoms with Crippen molar-refractivity contribution in [1.29, 1.82) is 0 Å². The number of nitrogens with one attached hydrogen (secondary N) is 1. The molecule has 3 nitrogen and oxygen atoms in total. The maximum atomic E-state index is 14.0. The molecule has 0 fully saturated rings. The Balaban J connectivity index is 1.63. The Morgan fingerprint density at radius 3 is 2.67 bits per heavy atom. The predicted molar refractivity (Wildman–Crippen MR) is 106 cm³/mol. The number of aromatic amines is 1. The first-order valence-corrected chi connectivity index (χ1v) is 9.52. The lowest BCUT2D eigenvalue weighted by atomic mass is 9.80. The van der Waals surface area contributed by atoms with Crippen molar-refractivity contribution < 1.29 is 9.18 Å². The zero-order valence-electron chi connectivity index (χ0n) is 15.5. The third-order valence-corrected chi connectivity index (χ3v) is 5.91. The number of nitrogens with zero attached hydrogens (tertiary/aromatic N) is 1. The maximum absolute atomic E-state index is 14.0. The van der Waals surface area contributed by atoms with E-state index in [0.29, 0.717) is 22.9 Å². The van der Waals surface area contributed by atoms with Gasteiger partial charge in [0.1, 0.15) is 12.4 Å². The minimum Gasteiger partial charge on any atom is -0.358 e. The second-order valence-electron chi connectivity index (χ2n) is 7.97. The van der Waals surface area contributed by atoms with Crippen LogP contribution in [0.5, 0.6) is 0 Å². The highest BCUT2D eigenvalue weighted by Gasteiger charge is 2.32. The molecule has 1 atom stereocenters. The molecular formula is C23H21FN2O. The number of aliphatic imine (C=N–C) groups is 1. The molecule has 4 heteroatoms. The number of benzene rings is 2. The van der Waals surface area contributed by atoms with Gasteiger partial charge in [0.05, 0.1) is 0 Å². The van der Waals surface area contributed by atoms with E-state index >= 15 is 0 Å². The summed E-state index contributed by atoms with van der Waals surface area (Å²) >= 11 is 0. The third-order valence-electron chi connectivity index (χ3n) is 5.91. The predicted octanol–water partition coefficient (Wildman–Crippen LogP) is 5.15. The van der Waals surface area contributed by atoms with E-state index < -0.39 is 0 Å². The third kappa shape index (κ3) is 2.54. The number of carbonyl (C=O) groups is 1. The Bertz CT molecular complexity index is 1110. The van der Waals surface area contributed by atoms with Gasteiger partial charge in [0.2, 0.25) is 0 Å². The summed E-state index contributed by atoms with van der Waals surface area (Å²) in [6, 6.07) is 11.7. The van der Waals surface area contributed by atoms with Crippen LogP contribution in [0.15, 0.2) is 41.4 Å². The highest BCUT2D eigenvalue weighted by atomic mass is 19.1. The lowest BCUT2D eigenvalue weighted by Crippen LogP contribution is -2.19. The SMILES string of the molecule is CC(C)c1ccc(C2CC3=NCC(=O)c4cc(F)cc5[nH]c(c3c45)C2)cc1. The molecule has 0 spiro atoms. The normalized spacial score (nSPS) is 18.7. The fourth-order valence-corrected chi connectivity index (χ4v) is 4.48. The van der Waals surface area contributed by atoms with Crippen molar-refractivity contribution in [1.82, 2.24) is 4.98 Å². The number of Topliss-reactive ketones (excluding diaryl/α,β-unsaturated/α-hetero) is 1. The summed E-state index contributed by atoms with van der Waals surface area (Å²) in [5, 5.41) is 0.848. The van der Waals surface area contributed by atoms with Gasteiger partial charge in [-0.1, -0.05) is 38.1 Å². The Kier molecular flexibility index (Phi) is 3.58. The van der Waals surface area contributed by atoms with E-state index in [1.807, 2.05) is 0 Å². The van der Waals surface area contributed by atoms with E-state index in [1.165, 1.54) is 23.3 Å². The molecule has 0 radical (unpaired) electrons. The Morgan fingerprint density at radius 1 is 1.15 bits per heavy atom. The monoisotopic (exact) mass is 360 g/mol. The number of aromatic nitrogens is 1. The fraction of sp³-hybridized carbons (Fsp3) is 0.304. The van der Waals surface area contributed by atoms with Crippen LogP contribution in [0.3, 0.4) is 0 Å². The smallest absolute Gasteiger partial charge is 0.185 e. The molecule has 3 aromatic rings. The van der Waals surface area contributed by atoms with Crippen molar-refractivity contribution in [3.8, 4) is 0 Å². The summed E-state index contributed by atoms with van der Waals surface area (Å²) < 4.78 is 14.0. The van der Waals surface area contributed by atoms with Crippen molar-refractivity contribution in [3.05, 3.63) is 70.2 Å². The largest absolute Gasteiger partial charge is 0.358 e. The van der Waals surface area contributed by atoms with Gasteiger partial charge < -0.3 is 4.98 Å². The highest BCUT2D eigenvalue weighted by Crippen LogP contribution is 2.39. The van der Waals surface area contributed by atoms with Gasteiger partial charge in [-0.05, 0) is 47.9 Å². The maximum Gasteiger partial charge on any atom is 0.185 e. The van der Waals surface area contributed by atoms with E-state index in [1.54, 1.807) is 0 Å². The van der Waals surface area contributed by atoms with Gasteiger partial charge >= 0.3 is 0 Å². The second-order valence-corrected chi connectivity index (χ2v) is 7.97. The molecule has 0 amide bonds. The quantitative estimate of drug-likeness (QED) is 0.675. The molecule has 5 rings (SSSR count). The number of H-pyrrole nitrogens is 1. The molecule has 1 aromatic heterocycles. The lowest BCUT2D eigenvalue weighted by molar-refractivity contribution is 0.100. The molecule has 0 saturated heterocycles. The van der Waals surface area contributed by atoms with Gasteiger partial charge in [-0.3, -0.25) is 9.79 Å². The van der Waals surface area contributed by atoms with E-state index in [-0.39, 0.29) is 18.1 Å². The Labute approximate surface area is 157 Å². The summed E-state index contributed by atoms with van der Waals surface area (Å²) in [5.41, 5.74) is 6.84. The number of halogens is 1. The van der Waals surface area contributed by atoms with E-state index in [2.05, 4.69) is 48.1 Å². The Morgan fingerprint density at radius 2 is 1.93 bits per heavy atom. The van der Waals surface area contributed by atoms with Crippen molar-refractivity contribution in [2.45, 2.75) is 38.5 Å². The molecule has 1 N–H and O–H groups in total. The molecule has 2 aliphatic rings. The standard InChI is InChI=1S/C23H21FN2O/c1-12(2)13-3-5-14(6-4-13)15-7-18-23-19(8-15)26-20-10-16(24)9-17(22(20)23)21(27)11-25-18/h3-6,9-10,12,15,26H,7-8,11H2,1-2H3. The molecule has 0 bridgehead atoms. The average molecular weight is 360 g/mol. The van der Waals surface area contributed by atoms with Crippen LogP contribution in [0.2, 0.25) is 0 Å². The summed E-state index contributed by atoms with van der Waals surface area (Å²) in [7, 11) is 0. The molecule has 27 heavy (non-hydrogen) atoms. The number of hydrogen-bond donors (Lipinski definition) is 1. The zero-order valence-corrected chi connectivity index (χ0v) is 15.5. The molecule has 1 unspecified atom stereocenters. The summed E-state index contributed by atoms with van der Waals surface area (Å²) in [4.78, 5) is 20.5. The average Bonchev–Trinajstić information content (AvgIpc) is 2.95. The van der Waals surface area contributed by atoms with Gasteiger partial charge in [0.15, 0.2) is 5.78 Å². The molecule has 1 aliphatic carbocycles. The number of carbonyl (C=O) groups excluding carboxylic acids is 1. The first-order valence-electron chi connectivity index (χ1n) is 9.52. The van der Waals surface area contributed by atoms with E-state index in [4.69, 9.17) is 0 Å². The van der Waals surface area contributed by atoms with Crippen molar-refractivity contribution in [2.75, 3.05) is 6.54 Å². The van der Waals surface area contributed by atoms with Crippen LogP contribution in [-0.4, -0.2) is 23.0 Å². The zero-order chi connectivity index (χ0) is 18.7. The molecule has 2 aromatic carbocycles. The molecule has 0 saturated carbocycles. The summed E-state index contributed by atoms with van der Waals surface area (Å²) in [5.74, 6) is 0.332. The van der Waals surface area contributed by atoms with Crippen LogP contribution >= 0.6 is 0 Å². The minimum absolute atomic E-state index is 0.0982. The van der Waals surface area contributed by atoms with Crippen LogP contribution in [0.4, 0.5) is 4.39 Å². The second kappa shape index (κ2) is 5.88. The van der Waals surface area contributed by atoms with Gasteiger partial charge in [-0.2, -0.15) is 0 Å². The Hall–Kier alpha value is -2.75. The van der Waals surface area contributed by atoms with Gasteiger partial charge in [-0.15, -0.1) is 0 Å².